The minimum Gasteiger partial charge on any atom is -0.399 e. The van der Waals surface area contributed by atoms with E-state index >= 15 is 0 Å². The van der Waals surface area contributed by atoms with Crippen LogP contribution >= 0.6 is 0 Å². The minimum atomic E-state index is -0.271. The van der Waals surface area contributed by atoms with Crippen molar-refractivity contribution in [1.82, 2.24) is 5.32 Å². The van der Waals surface area contributed by atoms with Gasteiger partial charge in [-0.2, -0.15) is 0 Å². The fraction of sp³-hybridized carbons (Fsp3) is 0.611. The van der Waals surface area contributed by atoms with E-state index in [1.54, 1.807) is 0 Å². The third kappa shape index (κ3) is 2.92. The van der Waals surface area contributed by atoms with E-state index in [9.17, 15) is 4.79 Å². The van der Waals surface area contributed by atoms with Gasteiger partial charge in [0.2, 0.25) is 5.91 Å². The van der Waals surface area contributed by atoms with Gasteiger partial charge in [-0.15, -0.1) is 0 Å². The fourth-order valence-electron chi connectivity index (χ4n) is 3.69. The van der Waals surface area contributed by atoms with Crippen molar-refractivity contribution < 1.29 is 4.79 Å². The van der Waals surface area contributed by atoms with Gasteiger partial charge in [-0.1, -0.05) is 38.3 Å². The van der Waals surface area contributed by atoms with Crippen LogP contribution in [0.15, 0.2) is 24.3 Å². The van der Waals surface area contributed by atoms with Crippen LogP contribution in [0, 0.1) is 5.92 Å². The first-order valence-corrected chi connectivity index (χ1v) is 8.31. The van der Waals surface area contributed by atoms with Crippen LogP contribution in [-0.4, -0.2) is 11.9 Å². The molecule has 3 N–H and O–H groups in total. The molecule has 2 unspecified atom stereocenters. The number of nitrogens with two attached hydrogens (primary N) is 1. The minimum absolute atomic E-state index is 0.231. The van der Waals surface area contributed by atoms with Gasteiger partial charge in [-0.3, -0.25) is 4.79 Å². The van der Waals surface area contributed by atoms with Crippen LogP contribution in [0.4, 0.5) is 5.69 Å². The molecule has 114 valence electrons. The lowest BCUT2D eigenvalue weighted by Crippen LogP contribution is -2.43. The van der Waals surface area contributed by atoms with E-state index in [-0.39, 0.29) is 11.3 Å². The topological polar surface area (TPSA) is 55.1 Å². The maximum absolute atomic E-state index is 12.7. The first-order chi connectivity index (χ1) is 10.1. The Bertz CT molecular complexity index is 504. The van der Waals surface area contributed by atoms with E-state index in [4.69, 9.17) is 5.73 Å². The van der Waals surface area contributed by atoms with Gasteiger partial charge in [0.05, 0.1) is 5.41 Å². The molecule has 0 heterocycles. The number of hydrogen-bond donors (Lipinski definition) is 2. The van der Waals surface area contributed by atoms with Crippen LogP contribution in [0.3, 0.4) is 0 Å². The largest absolute Gasteiger partial charge is 0.399 e. The molecule has 1 aromatic carbocycles. The van der Waals surface area contributed by atoms with Crippen LogP contribution in [-0.2, 0) is 10.2 Å². The van der Waals surface area contributed by atoms with Crippen LogP contribution in [0.1, 0.15) is 57.4 Å². The lowest BCUT2D eigenvalue weighted by molar-refractivity contribution is -0.124. The summed E-state index contributed by atoms with van der Waals surface area (Å²) in [6.07, 6.45) is 8.03. The number of carbonyl (C=O) groups excluding carboxylic acids is 1. The highest BCUT2D eigenvalue weighted by Gasteiger charge is 2.51. The average molecular weight is 286 g/mol. The number of anilines is 1. The van der Waals surface area contributed by atoms with Gasteiger partial charge in [0, 0.05) is 11.7 Å². The molecule has 0 aromatic heterocycles. The van der Waals surface area contributed by atoms with Crippen LogP contribution < -0.4 is 11.1 Å². The summed E-state index contributed by atoms with van der Waals surface area (Å²) in [5.41, 5.74) is 7.35. The zero-order chi connectivity index (χ0) is 14.9. The first kappa shape index (κ1) is 14.4. The Morgan fingerprint density at radius 2 is 2.00 bits per heavy atom. The number of nitrogens with one attached hydrogen (secondary N) is 1. The maximum Gasteiger partial charge on any atom is 0.230 e. The Balaban J connectivity index is 1.66. The van der Waals surface area contributed by atoms with E-state index in [1.807, 2.05) is 24.3 Å². The van der Waals surface area contributed by atoms with E-state index in [0.717, 1.165) is 42.9 Å². The fourth-order valence-corrected chi connectivity index (χ4v) is 3.69. The van der Waals surface area contributed by atoms with E-state index in [1.165, 1.54) is 19.3 Å². The van der Waals surface area contributed by atoms with Crippen molar-refractivity contribution in [2.75, 3.05) is 5.73 Å². The number of benzene rings is 1. The molecule has 0 spiro atoms. The summed E-state index contributed by atoms with van der Waals surface area (Å²) in [6, 6.07) is 8.20. The van der Waals surface area contributed by atoms with E-state index < -0.39 is 0 Å². The van der Waals surface area contributed by atoms with Gasteiger partial charge in [0.1, 0.15) is 0 Å². The molecule has 21 heavy (non-hydrogen) atoms. The zero-order valence-electron chi connectivity index (χ0n) is 12.9. The second-order valence-electron chi connectivity index (χ2n) is 6.82. The van der Waals surface area contributed by atoms with Crippen LogP contribution in [0.2, 0.25) is 0 Å². The SMILES string of the molecule is CCC1CCCC(NC(=O)C2(c3ccc(N)cc3)CC2)C1. The van der Waals surface area contributed by atoms with Crippen molar-refractivity contribution in [2.45, 2.75) is 63.3 Å². The molecule has 3 heteroatoms. The highest BCUT2D eigenvalue weighted by molar-refractivity contribution is 5.91. The van der Waals surface area contributed by atoms with E-state index in [0.29, 0.717) is 6.04 Å². The summed E-state index contributed by atoms with van der Waals surface area (Å²) < 4.78 is 0. The van der Waals surface area contributed by atoms with Gasteiger partial charge in [-0.05, 0) is 49.3 Å². The van der Waals surface area contributed by atoms with Gasteiger partial charge in [0.25, 0.3) is 0 Å². The van der Waals surface area contributed by atoms with Gasteiger partial charge >= 0.3 is 0 Å². The molecule has 2 aliphatic carbocycles. The number of rotatable bonds is 4. The van der Waals surface area contributed by atoms with Crippen molar-refractivity contribution in [3.8, 4) is 0 Å². The first-order valence-electron chi connectivity index (χ1n) is 8.31. The predicted octanol–water partition coefficient (Wildman–Crippen LogP) is 3.39. The predicted molar refractivity (Wildman–Crippen MR) is 85.9 cm³/mol. The highest BCUT2D eigenvalue weighted by Crippen LogP contribution is 2.48. The molecule has 0 aliphatic heterocycles. The standard InChI is InChI=1S/C18H26N2O/c1-2-13-4-3-5-16(12-13)20-17(21)18(10-11-18)14-6-8-15(19)9-7-14/h6-9,13,16H,2-5,10-12,19H2,1H3,(H,20,21). The molecule has 2 fully saturated rings. The third-order valence-electron chi connectivity index (χ3n) is 5.34. The second-order valence-corrected chi connectivity index (χ2v) is 6.82. The molecule has 2 aliphatic rings. The van der Waals surface area contributed by atoms with Crippen LogP contribution in [0.25, 0.3) is 0 Å². The molecule has 0 bridgehead atoms. The maximum atomic E-state index is 12.7. The number of hydrogen-bond acceptors (Lipinski definition) is 2. The molecule has 3 nitrogen and oxygen atoms in total. The van der Waals surface area contributed by atoms with Gasteiger partial charge in [-0.25, -0.2) is 0 Å². The number of nitrogen functional groups attached to an aromatic ring is 1. The molecule has 2 atom stereocenters. The summed E-state index contributed by atoms with van der Waals surface area (Å²) in [6.45, 7) is 2.26. The number of amides is 1. The van der Waals surface area contributed by atoms with Crippen molar-refractivity contribution >= 4 is 11.6 Å². The van der Waals surface area contributed by atoms with Gasteiger partial charge in [0.15, 0.2) is 0 Å². The second kappa shape index (κ2) is 5.70. The smallest absolute Gasteiger partial charge is 0.230 e. The van der Waals surface area contributed by atoms with Crippen molar-refractivity contribution in [3.63, 3.8) is 0 Å². The van der Waals surface area contributed by atoms with Crippen molar-refractivity contribution in [1.29, 1.82) is 0 Å². The normalized spacial score (nSPS) is 27.1. The average Bonchev–Trinajstić information content (AvgIpc) is 3.30. The van der Waals surface area contributed by atoms with Gasteiger partial charge < -0.3 is 11.1 Å². The summed E-state index contributed by atoms with van der Waals surface area (Å²) in [7, 11) is 0. The lowest BCUT2D eigenvalue weighted by atomic mass is 9.83. The molecule has 2 saturated carbocycles. The Labute approximate surface area is 127 Å². The highest BCUT2D eigenvalue weighted by atomic mass is 16.2. The summed E-state index contributed by atoms with van der Waals surface area (Å²) >= 11 is 0. The molecule has 0 radical (unpaired) electrons. The Morgan fingerprint density at radius 1 is 1.29 bits per heavy atom. The molecule has 1 aromatic rings. The molecular formula is C18H26N2O. The Kier molecular flexibility index (Phi) is 3.92. The third-order valence-corrected chi connectivity index (χ3v) is 5.34. The molecule has 3 rings (SSSR count). The molecule has 0 saturated heterocycles. The lowest BCUT2D eigenvalue weighted by Gasteiger charge is -2.30. The van der Waals surface area contributed by atoms with Crippen molar-refractivity contribution in [3.05, 3.63) is 29.8 Å². The molecular weight excluding hydrogens is 260 g/mol. The molecule has 1 amide bonds. The van der Waals surface area contributed by atoms with Crippen LogP contribution in [0.5, 0.6) is 0 Å². The Hall–Kier alpha value is -1.51. The summed E-state index contributed by atoms with van der Waals surface area (Å²) in [4.78, 5) is 12.7. The monoisotopic (exact) mass is 286 g/mol. The zero-order valence-corrected chi connectivity index (χ0v) is 12.9. The number of carbonyl (C=O) groups is 1. The van der Waals surface area contributed by atoms with E-state index in [2.05, 4.69) is 12.2 Å². The summed E-state index contributed by atoms with van der Waals surface area (Å²) in [5, 5.41) is 3.33. The summed E-state index contributed by atoms with van der Waals surface area (Å²) in [5.74, 6) is 1.02. The van der Waals surface area contributed by atoms with Crippen molar-refractivity contribution in [2.24, 2.45) is 5.92 Å². The Morgan fingerprint density at radius 3 is 2.62 bits per heavy atom. The quantitative estimate of drug-likeness (QED) is 0.834.